The monoisotopic (exact) mass is 729 g/mol. The first kappa shape index (κ1) is 30.8. The van der Waals surface area contributed by atoms with Crippen molar-refractivity contribution in [3.8, 4) is 29.2 Å². The topological polar surface area (TPSA) is 62.4 Å². The minimum Gasteiger partial charge on any atom is -0.309 e. The number of thiophene rings is 1. The van der Waals surface area contributed by atoms with Crippen LogP contribution in [0.4, 0.5) is 0 Å². The van der Waals surface area contributed by atoms with Crippen LogP contribution in [0.5, 0.6) is 0 Å². The fourth-order valence-corrected chi connectivity index (χ4v) is 10.2. The first-order valence-electron chi connectivity index (χ1n) is 18.5. The quantitative estimate of drug-likeness (QED) is 0.182. The van der Waals surface area contributed by atoms with Crippen LogP contribution >= 0.6 is 11.3 Å². The molecule has 0 bridgehead atoms. The Morgan fingerprint density at radius 1 is 0.339 bits per heavy atom. The third-order valence-electron chi connectivity index (χ3n) is 11.5. The van der Waals surface area contributed by atoms with Gasteiger partial charge in [-0.3, -0.25) is 0 Å². The summed E-state index contributed by atoms with van der Waals surface area (Å²) in [5, 5.41) is 28.7. The van der Waals surface area contributed by atoms with Gasteiger partial charge in [-0.15, -0.1) is 11.3 Å². The summed E-state index contributed by atoms with van der Waals surface area (Å²) in [5.41, 5.74) is 11.2. The van der Waals surface area contributed by atoms with Crippen molar-refractivity contribution in [3.63, 3.8) is 0 Å². The lowest BCUT2D eigenvalue weighted by Crippen LogP contribution is -1.95. The molecule has 56 heavy (non-hydrogen) atoms. The molecule has 0 aliphatic carbocycles. The molecule has 6 heteroatoms. The molecule has 8 aromatic carbocycles. The van der Waals surface area contributed by atoms with Crippen molar-refractivity contribution >= 4 is 96.9 Å². The van der Waals surface area contributed by atoms with Crippen LogP contribution in [0.25, 0.3) is 103 Å². The van der Waals surface area contributed by atoms with Gasteiger partial charge in [0.25, 0.3) is 0 Å². The SMILES string of the molecule is N#Cc1ccc2c(c1)c1cc(C#N)ccc1n2-c1ccc2sc3ccc(-n4c5ccccc5c5c6c7ccccc7n(-c7ccccc7)c6ccc54)cc3c2c1. The van der Waals surface area contributed by atoms with Crippen molar-refractivity contribution in [3.05, 3.63) is 175 Å². The van der Waals surface area contributed by atoms with Crippen LogP contribution in [-0.2, 0) is 0 Å². The molecular weight excluding hydrogens is 703 g/mol. The van der Waals surface area contributed by atoms with Gasteiger partial charge in [0.2, 0.25) is 0 Å². The van der Waals surface area contributed by atoms with Crippen molar-refractivity contribution in [2.24, 2.45) is 0 Å². The molecule has 5 nitrogen and oxygen atoms in total. The Morgan fingerprint density at radius 3 is 1.29 bits per heavy atom. The summed E-state index contributed by atoms with van der Waals surface area (Å²) in [6.07, 6.45) is 0. The molecule has 12 rings (SSSR count). The maximum atomic E-state index is 9.72. The van der Waals surface area contributed by atoms with E-state index in [1.54, 1.807) is 0 Å². The smallest absolute Gasteiger partial charge is 0.0991 e. The van der Waals surface area contributed by atoms with Crippen LogP contribution in [0.15, 0.2) is 164 Å². The fourth-order valence-electron chi connectivity index (χ4n) is 9.12. The highest BCUT2D eigenvalue weighted by atomic mass is 32.1. The molecular formula is C50H27N5S. The molecule has 0 amide bonds. The van der Waals surface area contributed by atoms with Gasteiger partial charge in [-0.25, -0.2) is 0 Å². The van der Waals surface area contributed by atoms with E-state index in [0.717, 1.165) is 38.9 Å². The van der Waals surface area contributed by atoms with E-state index < -0.39 is 0 Å². The van der Waals surface area contributed by atoms with Crippen molar-refractivity contribution in [2.75, 3.05) is 0 Å². The minimum atomic E-state index is 0.596. The second-order valence-corrected chi connectivity index (χ2v) is 15.5. The molecule has 12 aromatic rings. The van der Waals surface area contributed by atoms with Crippen LogP contribution in [0.2, 0.25) is 0 Å². The second kappa shape index (κ2) is 11.4. The molecule has 4 heterocycles. The van der Waals surface area contributed by atoms with E-state index in [9.17, 15) is 10.5 Å². The summed E-state index contributed by atoms with van der Waals surface area (Å²) in [4.78, 5) is 0. The van der Waals surface area contributed by atoms with E-state index >= 15 is 0 Å². The lowest BCUT2D eigenvalue weighted by atomic mass is 10.1. The molecule has 0 N–H and O–H groups in total. The predicted octanol–water partition coefficient (Wildman–Crippen LogP) is 13.1. The highest BCUT2D eigenvalue weighted by Gasteiger charge is 2.21. The van der Waals surface area contributed by atoms with Gasteiger partial charge < -0.3 is 13.7 Å². The molecule has 0 saturated carbocycles. The zero-order chi connectivity index (χ0) is 37.1. The van der Waals surface area contributed by atoms with E-state index in [4.69, 9.17) is 0 Å². The molecule has 0 aliphatic heterocycles. The van der Waals surface area contributed by atoms with Gasteiger partial charge in [-0.05, 0) is 109 Å². The van der Waals surface area contributed by atoms with Gasteiger partial charge in [0.05, 0.1) is 56.4 Å². The van der Waals surface area contributed by atoms with Gasteiger partial charge in [0.1, 0.15) is 0 Å². The third kappa shape index (κ3) is 4.16. The Kier molecular flexibility index (Phi) is 6.28. The van der Waals surface area contributed by atoms with Crippen molar-refractivity contribution in [2.45, 2.75) is 0 Å². The highest BCUT2D eigenvalue weighted by molar-refractivity contribution is 7.25. The maximum absolute atomic E-state index is 9.72. The molecule has 258 valence electrons. The molecule has 0 aliphatic rings. The average molecular weight is 730 g/mol. The highest BCUT2D eigenvalue weighted by Crippen LogP contribution is 2.44. The number of benzene rings is 8. The van der Waals surface area contributed by atoms with Crippen molar-refractivity contribution < 1.29 is 0 Å². The Labute approximate surface area is 323 Å². The maximum Gasteiger partial charge on any atom is 0.0991 e. The van der Waals surface area contributed by atoms with Gasteiger partial charge in [0, 0.05) is 69.6 Å². The minimum absolute atomic E-state index is 0.596. The van der Waals surface area contributed by atoms with E-state index in [2.05, 4.69) is 153 Å². The number of nitriles is 2. The molecule has 0 radical (unpaired) electrons. The second-order valence-electron chi connectivity index (χ2n) is 14.4. The molecule has 0 spiro atoms. The number of hydrogen-bond acceptors (Lipinski definition) is 3. The van der Waals surface area contributed by atoms with Crippen LogP contribution in [0.1, 0.15) is 11.1 Å². The molecule has 0 fully saturated rings. The number of fused-ring (bicyclic) bond motifs is 13. The van der Waals surface area contributed by atoms with Crippen LogP contribution in [0, 0.1) is 22.7 Å². The third-order valence-corrected chi connectivity index (χ3v) is 12.6. The molecule has 0 unspecified atom stereocenters. The van der Waals surface area contributed by atoms with E-state index in [-0.39, 0.29) is 0 Å². The molecule has 0 atom stereocenters. The largest absolute Gasteiger partial charge is 0.309 e. The van der Waals surface area contributed by atoms with Gasteiger partial charge in [-0.1, -0.05) is 54.6 Å². The van der Waals surface area contributed by atoms with Gasteiger partial charge in [0.15, 0.2) is 0 Å². The fraction of sp³-hybridized carbons (Fsp3) is 0. The van der Waals surface area contributed by atoms with E-state index in [1.807, 2.05) is 47.7 Å². The number of para-hydroxylation sites is 3. The van der Waals surface area contributed by atoms with Crippen LogP contribution in [-0.4, -0.2) is 13.7 Å². The number of rotatable bonds is 3. The summed E-state index contributed by atoms with van der Waals surface area (Å²) in [5.74, 6) is 0. The van der Waals surface area contributed by atoms with Crippen molar-refractivity contribution in [1.29, 1.82) is 10.5 Å². The summed E-state index contributed by atoms with van der Waals surface area (Å²) in [7, 11) is 0. The first-order valence-corrected chi connectivity index (χ1v) is 19.4. The van der Waals surface area contributed by atoms with E-state index in [0.29, 0.717) is 11.1 Å². The standard InChI is InChI=1S/C50H27N5S/c51-28-30-14-18-43-37(24-30)38-25-31(29-52)15-19-44(38)54(43)33-16-22-47-39(26-33)40-27-34(17-23-48(40)56-47)55-42-13-7-5-11-36(42)50-46(55)21-20-45-49(50)35-10-4-6-12-41(35)53(45)32-8-2-1-3-9-32/h1-27H. The number of hydrogen-bond donors (Lipinski definition) is 0. The zero-order valence-corrected chi connectivity index (χ0v) is 30.5. The summed E-state index contributed by atoms with van der Waals surface area (Å²) in [6, 6.07) is 62.5. The summed E-state index contributed by atoms with van der Waals surface area (Å²) < 4.78 is 9.52. The van der Waals surface area contributed by atoms with Crippen LogP contribution < -0.4 is 0 Å². The van der Waals surface area contributed by atoms with Crippen molar-refractivity contribution in [1.82, 2.24) is 13.7 Å². The molecule has 0 saturated heterocycles. The Morgan fingerprint density at radius 2 is 0.768 bits per heavy atom. The number of nitrogens with zero attached hydrogens (tertiary/aromatic N) is 5. The van der Waals surface area contributed by atoms with Gasteiger partial charge >= 0.3 is 0 Å². The lowest BCUT2D eigenvalue weighted by molar-refractivity contribution is 1.17. The van der Waals surface area contributed by atoms with Crippen LogP contribution in [0.3, 0.4) is 0 Å². The summed E-state index contributed by atoms with van der Waals surface area (Å²) >= 11 is 1.81. The van der Waals surface area contributed by atoms with Gasteiger partial charge in [-0.2, -0.15) is 10.5 Å². The number of aromatic nitrogens is 3. The summed E-state index contributed by atoms with van der Waals surface area (Å²) in [6.45, 7) is 0. The predicted molar refractivity (Wildman–Crippen MR) is 232 cm³/mol. The lowest BCUT2D eigenvalue weighted by Gasteiger charge is -2.10. The Bertz CT molecular complexity index is 3660. The zero-order valence-electron chi connectivity index (χ0n) is 29.7. The first-order chi connectivity index (χ1) is 27.7. The normalized spacial score (nSPS) is 11.9. The Hall–Kier alpha value is -7.64. The molecule has 4 aromatic heterocycles. The van der Waals surface area contributed by atoms with E-state index in [1.165, 1.54) is 63.8 Å². The Balaban J connectivity index is 1.11. The average Bonchev–Trinajstić information content (AvgIpc) is 3.99.